The highest BCUT2D eigenvalue weighted by Crippen LogP contribution is 2.42. The summed E-state index contributed by atoms with van der Waals surface area (Å²) in [5.41, 5.74) is 1.01. The van der Waals surface area contributed by atoms with Gasteiger partial charge in [-0.25, -0.2) is 8.78 Å². The molecule has 0 spiro atoms. The molecule has 3 aliphatic carbocycles. The van der Waals surface area contributed by atoms with Crippen LogP contribution in [0.1, 0.15) is 53.9 Å². The van der Waals surface area contributed by atoms with Gasteiger partial charge in [0.05, 0.1) is 0 Å². The molecule has 2 saturated carbocycles. The Labute approximate surface area is 143 Å². The Morgan fingerprint density at radius 2 is 2.00 bits per heavy atom. The predicted molar refractivity (Wildman–Crippen MR) is 83.2 cm³/mol. The fraction of sp³-hybridized carbons (Fsp3) is 0.706. The van der Waals surface area contributed by atoms with Crippen LogP contribution in [-0.4, -0.2) is 35.5 Å². The highest BCUT2D eigenvalue weighted by atomic mass is 19.3. The van der Waals surface area contributed by atoms with Crippen molar-refractivity contribution >= 4 is 11.8 Å². The number of nitrogens with one attached hydrogen (secondary N) is 2. The number of carbonyl (C=O) groups is 2. The SMILES string of the molecule is O=C(NCC1CC1)c1noc2c1CC(NC(=O)C1CC(F)(F)C1)CC2. The number of fused-ring (bicyclic) bond motifs is 1. The second-order valence-electron chi connectivity index (χ2n) is 7.50. The van der Waals surface area contributed by atoms with Gasteiger partial charge in [0.1, 0.15) is 5.76 Å². The number of amides is 2. The Balaban J connectivity index is 1.36. The maximum atomic E-state index is 12.9. The van der Waals surface area contributed by atoms with Gasteiger partial charge in [-0.3, -0.25) is 9.59 Å². The first-order chi connectivity index (χ1) is 11.9. The van der Waals surface area contributed by atoms with E-state index >= 15 is 0 Å². The molecule has 0 aliphatic heterocycles. The number of aromatic nitrogens is 1. The minimum Gasteiger partial charge on any atom is -0.360 e. The van der Waals surface area contributed by atoms with Crippen molar-refractivity contribution in [2.75, 3.05) is 6.54 Å². The van der Waals surface area contributed by atoms with Crippen molar-refractivity contribution in [3.05, 3.63) is 17.0 Å². The molecule has 6 nitrogen and oxygen atoms in total. The molecule has 4 rings (SSSR count). The molecule has 0 saturated heterocycles. The zero-order valence-electron chi connectivity index (χ0n) is 13.8. The van der Waals surface area contributed by atoms with Crippen LogP contribution in [0.25, 0.3) is 0 Å². The van der Waals surface area contributed by atoms with Crippen molar-refractivity contribution in [2.24, 2.45) is 11.8 Å². The number of halogens is 2. The van der Waals surface area contributed by atoms with Gasteiger partial charge in [0, 0.05) is 43.3 Å². The smallest absolute Gasteiger partial charge is 0.273 e. The molecule has 1 heterocycles. The molecule has 1 aromatic heterocycles. The highest BCUT2D eigenvalue weighted by Gasteiger charge is 2.49. The molecule has 3 aliphatic rings. The molecule has 1 unspecified atom stereocenters. The van der Waals surface area contributed by atoms with Crippen molar-refractivity contribution in [3.8, 4) is 0 Å². The Morgan fingerprint density at radius 3 is 2.68 bits per heavy atom. The molecule has 1 aromatic rings. The number of hydrogen-bond donors (Lipinski definition) is 2. The number of nitrogens with zero attached hydrogens (tertiary/aromatic N) is 1. The van der Waals surface area contributed by atoms with Crippen molar-refractivity contribution in [3.63, 3.8) is 0 Å². The summed E-state index contributed by atoms with van der Waals surface area (Å²) in [6.07, 6.45) is 3.21. The molecule has 136 valence electrons. The molecular weight excluding hydrogens is 332 g/mol. The van der Waals surface area contributed by atoms with E-state index in [1.54, 1.807) is 0 Å². The van der Waals surface area contributed by atoms with E-state index in [0.717, 1.165) is 18.4 Å². The van der Waals surface area contributed by atoms with E-state index in [9.17, 15) is 18.4 Å². The summed E-state index contributed by atoms with van der Waals surface area (Å²) in [5, 5.41) is 9.60. The van der Waals surface area contributed by atoms with Crippen LogP contribution in [0.4, 0.5) is 8.78 Å². The molecule has 2 N–H and O–H groups in total. The summed E-state index contributed by atoms with van der Waals surface area (Å²) in [6, 6.07) is -0.177. The average Bonchev–Trinajstić information content (AvgIpc) is 3.28. The lowest BCUT2D eigenvalue weighted by molar-refractivity contribution is -0.150. The minimum atomic E-state index is -2.71. The van der Waals surface area contributed by atoms with Gasteiger partial charge in [-0.05, 0) is 31.6 Å². The van der Waals surface area contributed by atoms with Gasteiger partial charge in [0.2, 0.25) is 11.8 Å². The quantitative estimate of drug-likeness (QED) is 0.846. The van der Waals surface area contributed by atoms with Gasteiger partial charge in [-0.2, -0.15) is 0 Å². The second-order valence-corrected chi connectivity index (χ2v) is 7.50. The zero-order chi connectivity index (χ0) is 17.6. The molecule has 2 amide bonds. The summed E-state index contributed by atoms with van der Waals surface area (Å²) >= 11 is 0. The van der Waals surface area contributed by atoms with Crippen LogP contribution < -0.4 is 10.6 Å². The van der Waals surface area contributed by atoms with Crippen LogP contribution in [0.15, 0.2) is 4.52 Å². The van der Waals surface area contributed by atoms with Gasteiger partial charge < -0.3 is 15.2 Å². The van der Waals surface area contributed by atoms with Crippen LogP contribution in [0, 0.1) is 11.8 Å². The highest BCUT2D eigenvalue weighted by molar-refractivity contribution is 5.94. The fourth-order valence-electron chi connectivity index (χ4n) is 3.51. The minimum absolute atomic E-state index is 0.177. The first-order valence-corrected chi connectivity index (χ1v) is 8.85. The topological polar surface area (TPSA) is 84.2 Å². The van der Waals surface area contributed by atoms with E-state index in [4.69, 9.17) is 4.52 Å². The van der Waals surface area contributed by atoms with Crippen LogP contribution in [-0.2, 0) is 17.6 Å². The molecule has 0 aromatic carbocycles. The largest absolute Gasteiger partial charge is 0.360 e. The molecule has 0 bridgehead atoms. The monoisotopic (exact) mass is 353 g/mol. The third kappa shape index (κ3) is 3.52. The Bertz CT molecular complexity index is 691. The van der Waals surface area contributed by atoms with Crippen molar-refractivity contribution in [2.45, 2.75) is 56.9 Å². The summed E-state index contributed by atoms with van der Waals surface area (Å²) < 4.78 is 31.1. The summed E-state index contributed by atoms with van der Waals surface area (Å²) in [7, 11) is 0. The van der Waals surface area contributed by atoms with E-state index in [1.807, 2.05) is 0 Å². The average molecular weight is 353 g/mol. The molecule has 25 heavy (non-hydrogen) atoms. The molecule has 8 heteroatoms. The van der Waals surface area contributed by atoms with E-state index in [-0.39, 0.29) is 36.4 Å². The third-order valence-electron chi connectivity index (χ3n) is 5.31. The first-order valence-electron chi connectivity index (χ1n) is 8.85. The predicted octanol–water partition coefficient (Wildman–Crippen LogP) is 1.83. The van der Waals surface area contributed by atoms with Gasteiger partial charge in [0.15, 0.2) is 5.69 Å². The maximum absolute atomic E-state index is 12.9. The molecule has 0 radical (unpaired) electrons. The Hall–Kier alpha value is -1.99. The second kappa shape index (κ2) is 6.07. The van der Waals surface area contributed by atoms with Crippen molar-refractivity contribution in [1.29, 1.82) is 0 Å². The van der Waals surface area contributed by atoms with Crippen LogP contribution in [0.3, 0.4) is 0 Å². The van der Waals surface area contributed by atoms with Gasteiger partial charge >= 0.3 is 0 Å². The van der Waals surface area contributed by atoms with Gasteiger partial charge in [-0.15, -0.1) is 0 Å². The lowest BCUT2D eigenvalue weighted by atomic mass is 9.80. The first kappa shape index (κ1) is 16.5. The number of carbonyl (C=O) groups excluding carboxylic acids is 2. The van der Waals surface area contributed by atoms with E-state index < -0.39 is 11.8 Å². The maximum Gasteiger partial charge on any atom is 0.273 e. The van der Waals surface area contributed by atoms with Crippen LogP contribution in [0.5, 0.6) is 0 Å². The standard InChI is InChI=1S/C17H21F2N3O3/c18-17(19)6-10(7-17)15(23)21-11-3-4-13-12(5-11)14(22-25-13)16(24)20-8-9-1-2-9/h9-11H,1-8H2,(H,20,24)(H,21,23). The summed E-state index contributed by atoms with van der Waals surface area (Å²) in [5.74, 6) is -2.64. The number of alkyl halides is 2. The Morgan fingerprint density at radius 1 is 1.24 bits per heavy atom. The summed E-state index contributed by atoms with van der Waals surface area (Å²) in [4.78, 5) is 24.3. The normalized spacial score (nSPS) is 25.0. The van der Waals surface area contributed by atoms with E-state index in [0.29, 0.717) is 37.5 Å². The fourth-order valence-corrected chi connectivity index (χ4v) is 3.51. The van der Waals surface area contributed by atoms with E-state index in [1.165, 1.54) is 0 Å². The Kier molecular flexibility index (Phi) is 4.00. The number of rotatable bonds is 5. The lowest BCUT2D eigenvalue weighted by Gasteiger charge is -2.35. The van der Waals surface area contributed by atoms with Gasteiger partial charge in [-0.1, -0.05) is 5.16 Å². The number of hydrogen-bond acceptors (Lipinski definition) is 4. The van der Waals surface area contributed by atoms with Crippen molar-refractivity contribution in [1.82, 2.24) is 15.8 Å². The third-order valence-corrected chi connectivity index (χ3v) is 5.31. The molecule has 1 atom stereocenters. The van der Waals surface area contributed by atoms with Gasteiger partial charge in [0.25, 0.3) is 5.91 Å². The van der Waals surface area contributed by atoms with Crippen LogP contribution in [0.2, 0.25) is 0 Å². The van der Waals surface area contributed by atoms with Crippen molar-refractivity contribution < 1.29 is 22.9 Å². The summed E-state index contributed by atoms with van der Waals surface area (Å²) in [6.45, 7) is 0.649. The molecular formula is C17H21F2N3O3. The van der Waals surface area contributed by atoms with E-state index in [2.05, 4.69) is 15.8 Å². The van der Waals surface area contributed by atoms with Crippen LogP contribution >= 0.6 is 0 Å². The lowest BCUT2D eigenvalue weighted by Crippen LogP contribution is -2.49. The zero-order valence-corrected chi connectivity index (χ0v) is 13.8. The number of aryl methyl sites for hydroxylation is 1. The molecule has 2 fully saturated rings.